The molecule has 0 radical (unpaired) electrons. The third-order valence-corrected chi connectivity index (χ3v) is 4.97. The zero-order chi connectivity index (χ0) is 21.2. The molecule has 0 fully saturated rings. The zero-order valence-corrected chi connectivity index (χ0v) is 17.7. The number of anilines is 1. The van der Waals surface area contributed by atoms with E-state index in [-0.39, 0.29) is 20.6 Å². The van der Waals surface area contributed by atoms with Gasteiger partial charge in [-0.1, -0.05) is 15.9 Å². The van der Waals surface area contributed by atoms with E-state index in [0.717, 1.165) is 6.07 Å². The predicted octanol–water partition coefficient (Wildman–Crippen LogP) is 4.48. The Bertz CT molecular complexity index is 1030. The lowest BCUT2D eigenvalue weighted by atomic mass is 10.2. The number of amides is 2. The van der Waals surface area contributed by atoms with Crippen LogP contribution in [0.2, 0.25) is 0 Å². The smallest absolute Gasteiger partial charge is 0.328 e. The van der Waals surface area contributed by atoms with E-state index in [0.29, 0.717) is 5.82 Å². The summed E-state index contributed by atoms with van der Waals surface area (Å²) in [5, 5.41) is 9.03. The molecule has 29 heavy (non-hydrogen) atoms. The Kier molecular flexibility index (Phi) is 6.17. The van der Waals surface area contributed by atoms with Crippen LogP contribution >= 0.6 is 31.9 Å². The van der Waals surface area contributed by atoms with E-state index in [4.69, 9.17) is 0 Å². The molecule has 0 aliphatic carbocycles. The summed E-state index contributed by atoms with van der Waals surface area (Å²) in [5.74, 6) is 0.608. The van der Waals surface area contributed by atoms with Crippen LogP contribution in [0.5, 0.6) is 0 Å². The number of carbonyl (C=O) groups is 1. The summed E-state index contributed by atoms with van der Waals surface area (Å²) in [5.41, 5.74) is -0.955. The third kappa shape index (κ3) is 4.90. The molecular formula is C16H12Br2F3N7O. The molecule has 2 amide bonds. The van der Waals surface area contributed by atoms with Gasteiger partial charge in [0.15, 0.2) is 5.82 Å². The van der Waals surface area contributed by atoms with Crippen LogP contribution in [0.4, 0.5) is 23.7 Å². The van der Waals surface area contributed by atoms with E-state index >= 15 is 0 Å². The topological polar surface area (TPSA) is 97.6 Å². The monoisotopic (exact) mass is 533 g/mol. The first-order valence-corrected chi connectivity index (χ1v) is 9.56. The summed E-state index contributed by atoms with van der Waals surface area (Å²) in [6, 6.07) is 2.32. The van der Waals surface area contributed by atoms with Gasteiger partial charge in [-0.2, -0.15) is 23.0 Å². The Morgan fingerprint density at radius 3 is 2.48 bits per heavy atom. The van der Waals surface area contributed by atoms with Gasteiger partial charge >= 0.3 is 12.2 Å². The Morgan fingerprint density at radius 1 is 1.14 bits per heavy atom. The van der Waals surface area contributed by atoms with E-state index in [9.17, 15) is 18.0 Å². The van der Waals surface area contributed by atoms with Crippen molar-refractivity contribution in [2.45, 2.75) is 19.1 Å². The minimum Gasteiger partial charge on any atom is -0.328 e. The number of aromatic nitrogens is 5. The standard InChI is InChI=1S/C16H12Br2F3N7O/c1-8(13-24-7-25-28(13)14-22-3-2-4-23-14)26-15(29)27-12-5-9(16(19,20)21)10(17)6-11(12)18/h2-8H,1H3,(H2,26,27,29)/t8-/m0/s1. The summed E-state index contributed by atoms with van der Waals surface area (Å²) in [6.45, 7) is 1.64. The van der Waals surface area contributed by atoms with Crippen LogP contribution in [0.3, 0.4) is 0 Å². The Balaban J connectivity index is 1.77. The zero-order valence-electron chi connectivity index (χ0n) is 14.6. The highest BCUT2D eigenvalue weighted by Gasteiger charge is 2.34. The minimum atomic E-state index is -4.58. The van der Waals surface area contributed by atoms with Crippen LogP contribution in [-0.2, 0) is 6.18 Å². The first-order chi connectivity index (χ1) is 13.7. The molecule has 8 nitrogen and oxygen atoms in total. The molecule has 0 spiro atoms. The van der Waals surface area contributed by atoms with Crippen molar-refractivity contribution in [3.63, 3.8) is 0 Å². The maximum Gasteiger partial charge on any atom is 0.417 e. The number of carbonyl (C=O) groups excluding carboxylic acids is 1. The number of benzene rings is 1. The van der Waals surface area contributed by atoms with Crippen LogP contribution in [0.1, 0.15) is 24.4 Å². The molecule has 0 unspecified atom stereocenters. The Hall–Kier alpha value is -2.54. The van der Waals surface area contributed by atoms with Crippen LogP contribution in [-0.4, -0.2) is 30.8 Å². The summed E-state index contributed by atoms with van der Waals surface area (Å²) in [4.78, 5) is 24.6. The largest absolute Gasteiger partial charge is 0.417 e. The van der Waals surface area contributed by atoms with E-state index in [1.807, 2.05) is 0 Å². The molecule has 2 heterocycles. The lowest BCUT2D eigenvalue weighted by molar-refractivity contribution is -0.138. The van der Waals surface area contributed by atoms with Gasteiger partial charge in [-0.15, -0.1) is 0 Å². The van der Waals surface area contributed by atoms with Crippen LogP contribution in [0.15, 0.2) is 45.9 Å². The fourth-order valence-corrected chi connectivity index (χ4v) is 3.70. The Labute approximate surface area is 179 Å². The second-order valence-electron chi connectivity index (χ2n) is 5.71. The van der Waals surface area contributed by atoms with Crippen LogP contribution in [0, 0.1) is 0 Å². The van der Waals surface area contributed by atoms with Crippen molar-refractivity contribution >= 4 is 43.6 Å². The van der Waals surface area contributed by atoms with Crippen molar-refractivity contribution in [2.24, 2.45) is 0 Å². The molecule has 3 aromatic rings. The van der Waals surface area contributed by atoms with E-state index in [2.05, 4.69) is 62.5 Å². The molecule has 0 aliphatic heterocycles. The highest BCUT2D eigenvalue weighted by atomic mass is 79.9. The first kappa shape index (κ1) is 21.2. The number of nitrogens with one attached hydrogen (secondary N) is 2. The van der Waals surface area contributed by atoms with Gasteiger partial charge in [0.05, 0.1) is 17.3 Å². The van der Waals surface area contributed by atoms with Gasteiger partial charge in [0.25, 0.3) is 5.95 Å². The van der Waals surface area contributed by atoms with Gasteiger partial charge in [-0.25, -0.2) is 19.7 Å². The molecule has 0 saturated carbocycles. The molecule has 152 valence electrons. The van der Waals surface area contributed by atoms with Crippen molar-refractivity contribution in [3.8, 4) is 5.95 Å². The van der Waals surface area contributed by atoms with Crippen molar-refractivity contribution < 1.29 is 18.0 Å². The number of nitrogens with zero attached hydrogens (tertiary/aromatic N) is 5. The summed E-state index contributed by atoms with van der Waals surface area (Å²) >= 11 is 6.01. The highest BCUT2D eigenvalue weighted by Crippen LogP contribution is 2.39. The summed E-state index contributed by atoms with van der Waals surface area (Å²) in [6.07, 6.45) is -0.238. The molecule has 2 N–H and O–H groups in total. The summed E-state index contributed by atoms with van der Waals surface area (Å²) in [7, 11) is 0. The maximum atomic E-state index is 13.1. The minimum absolute atomic E-state index is 0.0434. The van der Waals surface area contributed by atoms with E-state index in [1.54, 1.807) is 13.0 Å². The number of hydrogen-bond acceptors (Lipinski definition) is 5. The molecular weight excluding hydrogens is 523 g/mol. The fraction of sp³-hybridized carbons (Fsp3) is 0.188. The molecule has 2 aromatic heterocycles. The second kappa shape index (κ2) is 8.45. The fourth-order valence-electron chi connectivity index (χ4n) is 2.38. The van der Waals surface area contributed by atoms with E-state index in [1.165, 1.54) is 29.5 Å². The average Bonchev–Trinajstić information content (AvgIpc) is 3.13. The molecule has 1 atom stereocenters. The molecule has 0 aliphatic rings. The molecule has 13 heteroatoms. The van der Waals surface area contributed by atoms with Gasteiger partial charge in [0.1, 0.15) is 6.33 Å². The average molecular weight is 535 g/mol. The highest BCUT2D eigenvalue weighted by molar-refractivity contribution is 9.11. The van der Waals surface area contributed by atoms with Gasteiger partial charge in [0, 0.05) is 21.3 Å². The van der Waals surface area contributed by atoms with Crippen molar-refractivity contribution in [3.05, 3.63) is 57.3 Å². The number of rotatable bonds is 4. The SMILES string of the molecule is C[C@H](NC(=O)Nc1cc(C(F)(F)F)c(Br)cc1Br)c1ncnn1-c1ncccn1. The quantitative estimate of drug-likeness (QED) is 0.514. The number of alkyl halides is 3. The summed E-state index contributed by atoms with van der Waals surface area (Å²) < 4.78 is 40.8. The number of hydrogen-bond donors (Lipinski definition) is 2. The first-order valence-electron chi connectivity index (χ1n) is 7.98. The predicted molar refractivity (Wildman–Crippen MR) is 104 cm³/mol. The number of halogens is 5. The molecule has 0 bridgehead atoms. The molecule has 1 aromatic carbocycles. The lowest BCUT2D eigenvalue weighted by Gasteiger charge is -2.17. The molecule has 3 rings (SSSR count). The van der Waals surface area contributed by atoms with E-state index < -0.39 is 23.8 Å². The van der Waals surface area contributed by atoms with Crippen molar-refractivity contribution in [1.82, 2.24) is 30.0 Å². The number of urea groups is 1. The second-order valence-corrected chi connectivity index (χ2v) is 7.42. The van der Waals surface area contributed by atoms with Gasteiger partial charge in [-0.05, 0) is 41.1 Å². The van der Waals surface area contributed by atoms with Gasteiger partial charge in [-0.3, -0.25) is 0 Å². The van der Waals surface area contributed by atoms with Crippen LogP contribution < -0.4 is 10.6 Å². The van der Waals surface area contributed by atoms with Crippen LogP contribution in [0.25, 0.3) is 5.95 Å². The lowest BCUT2D eigenvalue weighted by Crippen LogP contribution is -2.33. The third-order valence-electron chi connectivity index (χ3n) is 3.66. The Morgan fingerprint density at radius 2 is 1.83 bits per heavy atom. The van der Waals surface area contributed by atoms with Gasteiger partial charge < -0.3 is 10.6 Å². The maximum absolute atomic E-state index is 13.1. The normalized spacial score (nSPS) is 12.5. The molecule has 0 saturated heterocycles. The van der Waals surface area contributed by atoms with Crippen molar-refractivity contribution in [2.75, 3.05) is 5.32 Å². The van der Waals surface area contributed by atoms with Crippen molar-refractivity contribution in [1.29, 1.82) is 0 Å². The van der Waals surface area contributed by atoms with Gasteiger partial charge in [0.2, 0.25) is 0 Å².